The summed E-state index contributed by atoms with van der Waals surface area (Å²) < 4.78 is 18.5. The molecule has 0 unspecified atom stereocenters. The summed E-state index contributed by atoms with van der Waals surface area (Å²) in [4.78, 5) is 78.7. The second-order valence-corrected chi connectivity index (χ2v) is 17.1. The molecule has 8 bridgehead atoms. The molecule has 0 fully saturated rings. The zero-order valence-electron chi connectivity index (χ0n) is 38.7. The summed E-state index contributed by atoms with van der Waals surface area (Å²) in [5.74, 6) is -3.78. The van der Waals surface area contributed by atoms with Gasteiger partial charge >= 0.3 is 40.9 Å². The summed E-state index contributed by atoms with van der Waals surface area (Å²) in [6, 6.07) is 39.8. The Bertz CT molecular complexity index is 4130. The van der Waals surface area contributed by atoms with E-state index in [0.717, 1.165) is 34.0 Å². The third-order valence-electron chi connectivity index (χ3n) is 12.2. The van der Waals surface area contributed by atoms with Gasteiger partial charge in [-0.25, -0.2) is 24.2 Å². The molecule has 0 saturated heterocycles. The summed E-state index contributed by atoms with van der Waals surface area (Å²) in [5, 5.41) is 51.2. The first-order valence-electron chi connectivity index (χ1n) is 22.7. The van der Waals surface area contributed by atoms with Gasteiger partial charge in [-0.05, 0) is 106 Å². The number of ether oxygens (including phenoxy) is 3. The molecule has 7 aromatic carbocycles. The van der Waals surface area contributed by atoms with E-state index in [0.29, 0.717) is 73.3 Å². The van der Waals surface area contributed by atoms with E-state index in [1.807, 2.05) is 72.8 Å². The Kier molecular flexibility index (Phi) is 12.1. The molecular formula is C55H32CuN9O11+. The summed E-state index contributed by atoms with van der Waals surface area (Å²) in [7, 11) is 0. The Hall–Kier alpha value is -10.4. The maximum absolute atomic E-state index is 11.9. The van der Waals surface area contributed by atoms with Crippen LogP contribution in [0, 0.1) is 0 Å². The first kappa shape index (κ1) is 47.9. The smallest absolute Gasteiger partial charge is 0.489 e. The maximum Gasteiger partial charge on any atom is 2.00 e. The number of aromatic carboxylic acids is 4. The van der Waals surface area contributed by atoms with Crippen molar-refractivity contribution in [3.05, 3.63) is 179 Å². The van der Waals surface area contributed by atoms with E-state index >= 15 is 0 Å². The van der Waals surface area contributed by atoms with Crippen molar-refractivity contribution in [1.29, 1.82) is 0 Å². The van der Waals surface area contributed by atoms with Crippen LogP contribution in [0.15, 0.2) is 146 Å². The van der Waals surface area contributed by atoms with E-state index in [-0.39, 0.29) is 75.4 Å². The number of fused-ring (bicyclic) bond motifs is 20. The fourth-order valence-corrected chi connectivity index (χ4v) is 8.74. The van der Waals surface area contributed by atoms with Gasteiger partial charge in [0.2, 0.25) is 0 Å². The minimum Gasteiger partial charge on any atom is -0.489 e. The van der Waals surface area contributed by atoms with Crippen molar-refractivity contribution in [1.82, 2.24) is 40.1 Å². The average molecular weight is 1060 g/mol. The van der Waals surface area contributed by atoms with Crippen molar-refractivity contribution in [2.75, 3.05) is 0 Å². The number of carboxylic acid groups (broad SMARTS) is 4. The molecule has 21 heteroatoms. The van der Waals surface area contributed by atoms with Gasteiger partial charge in [-0.15, -0.1) is 0 Å². The van der Waals surface area contributed by atoms with Crippen molar-refractivity contribution in [2.45, 2.75) is 13.2 Å². The molecule has 2 aliphatic heterocycles. The fourth-order valence-electron chi connectivity index (χ4n) is 8.74. The van der Waals surface area contributed by atoms with Gasteiger partial charge in [-0.3, -0.25) is 0 Å². The molecule has 0 saturated carbocycles. The first-order valence-corrected chi connectivity index (χ1v) is 22.7. The van der Waals surface area contributed by atoms with E-state index in [2.05, 4.69) is 0 Å². The minimum absolute atomic E-state index is 0. The van der Waals surface area contributed by atoms with Gasteiger partial charge in [-0.2, -0.15) is 0 Å². The predicted octanol–water partition coefficient (Wildman–Crippen LogP) is 8.48. The zero-order chi connectivity index (χ0) is 51.5. The topological polar surface area (TPSA) is 286 Å². The van der Waals surface area contributed by atoms with Crippen molar-refractivity contribution in [3.63, 3.8) is 0 Å². The minimum atomic E-state index is -1.35. The Morgan fingerprint density at radius 1 is 0.421 bits per heavy atom. The Balaban J connectivity index is 0.00000616. The molecule has 10 aromatic rings. The molecule has 373 valence electrons. The molecule has 4 N–H and O–H groups in total. The van der Waals surface area contributed by atoms with Gasteiger partial charge in [0.25, 0.3) is 5.69 Å². The average Bonchev–Trinajstić information content (AvgIpc) is 4.15. The molecule has 0 aliphatic carbocycles. The predicted molar refractivity (Wildman–Crippen MR) is 266 cm³/mol. The molecule has 20 nitrogen and oxygen atoms in total. The van der Waals surface area contributed by atoms with Crippen molar-refractivity contribution >= 4 is 68.0 Å². The van der Waals surface area contributed by atoms with Crippen LogP contribution in [-0.2, 0) is 30.3 Å². The molecule has 5 heterocycles. The molecule has 2 aliphatic rings. The normalized spacial score (nSPS) is 11.3. The van der Waals surface area contributed by atoms with Crippen LogP contribution in [0.1, 0.15) is 52.6 Å². The van der Waals surface area contributed by atoms with Crippen LogP contribution in [0.25, 0.3) is 84.0 Å². The van der Waals surface area contributed by atoms with Crippen LogP contribution in [0.3, 0.4) is 0 Å². The molecule has 0 spiro atoms. The molecule has 0 atom stereocenters. The Morgan fingerprint density at radius 3 is 1.41 bits per heavy atom. The van der Waals surface area contributed by atoms with Gasteiger partial charge in [0.1, 0.15) is 36.2 Å². The monoisotopic (exact) mass is 1060 g/mol. The molecule has 12 rings (SSSR count). The van der Waals surface area contributed by atoms with Crippen LogP contribution in [0.5, 0.6) is 23.0 Å². The molecular weight excluding hydrogens is 1030 g/mol. The number of rotatable bonds is 12. The van der Waals surface area contributed by atoms with Crippen molar-refractivity contribution in [2.24, 2.45) is 0 Å². The summed E-state index contributed by atoms with van der Waals surface area (Å²) in [6.07, 6.45) is 0. The van der Waals surface area contributed by atoms with Crippen molar-refractivity contribution in [3.8, 4) is 62.8 Å². The first-order chi connectivity index (χ1) is 36.4. The maximum atomic E-state index is 11.9. The molecule has 3 aromatic heterocycles. The van der Waals surface area contributed by atoms with E-state index in [9.17, 15) is 39.6 Å². The van der Waals surface area contributed by atoms with Crippen LogP contribution in [0.4, 0.5) is 0 Å². The standard InChI is InChI=1S/C55H33N9O11.Cu/c65-52(66)29-18-30(53(67)68)21-34(20-29)73-25-27-15-28(26-74-35-22-31(54(69)70)19-32(23-35)55(71)72)17-36(16-27)75-33-13-14-41-43(24-33)51-61-49(41)59-47-38-8-2-1-7-37(38)45(57-47)56-46-39-9-3-4-10-40(39)48(58-46)60-50-42-11-5-6-12-44(42)64(62-50)63-51;/h1-24H,25-26H2,(H5,56,57,58,59,60,61,62,63,65,66,67,68,69,70,71,72);/q;+2/p-1. The number of para-hydroxylation sites is 1. The summed E-state index contributed by atoms with van der Waals surface area (Å²) in [6.45, 7) is -0.428. The second-order valence-electron chi connectivity index (χ2n) is 17.1. The van der Waals surface area contributed by atoms with Crippen LogP contribution < -0.4 is 29.0 Å². The summed E-state index contributed by atoms with van der Waals surface area (Å²) >= 11 is 0. The molecule has 1 radical (unpaired) electrons. The SMILES string of the molecule is O=C(O)c1cc(OCc2cc(COc3cc(C(=O)O)cc(C(=O)O)c3)cc(Oc3ccc4c5nc6nc(nc7[n-]c(nc8n[n+](nc([n-]5)c4c3)-c3ccccc3-8)c3ccccc73)-c3ccccc3-6)c2)cc(C(=O)O)c1.[Cu+2]. The van der Waals surface area contributed by atoms with E-state index in [1.54, 1.807) is 36.4 Å². The van der Waals surface area contributed by atoms with Crippen molar-refractivity contribution < 1.29 is 75.7 Å². The van der Waals surface area contributed by atoms with Gasteiger partial charge in [0, 0.05) is 49.4 Å². The zero-order valence-corrected chi connectivity index (χ0v) is 39.7. The van der Waals surface area contributed by atoms with Crippen LogP contribution in [0.2, 0.25) is 0 Å². The fraction of sp³-hybridized carbons (Fsp3) is 0.0364. The number of hydrogen-bond acceptors (Lipinski definition) is 13. The van der Waals surface area contributed by atoms with Crippen LogP contribution in [-0.4, -0.2) is 74.4 Å². The van der Waals surface area contributed by atoms with E-state index in [4.69, 9.17) is 54.3 Å². The Morgan fingerprint density at radius 2 is 0.882 bits per heavy atom. The third kappa shape index (κ3) is 9.10. The number of nitrogens with zero attached hydrogens (tertiary/aromatic N) is 9. The largest absolute Gasteiger partial charge is 2.00 e. The van der Waals surface area contributed by atoms with E-state index < -0.39 is 23.9 Å². The molecule has 76 heavy (non-hydrogen) atoms. The Labute approximate surface area is 437 Å². The third-order valence-corrected chi connectivity index (χ3v) is 12.2. The number of carbonyl (C=O) groups is 4. The van der Waals surface area contributed by atoms with Crippen LogP contribution >= 0.6 is 0 Å². The van der Waals surface area contributed by atoms with Gasteiger partial charge in [0.15, 0.2) is 5.82 Å². The number of carboxylic acids is 4. The molecule has 0 amide bonds. The van der Waals surface area contributed by atoms with Gasteiger partial charge in [0.05, 0.1) is 45.1 Å². The number of aromatic nitrogens is 9. The van der Waals surface area contributed by atoms with Gasteiger partial charge in [-0.1, -0.05) is 65.8 Å². The van der Waals surface area contributed by atoms with Gasteiger partial charge < -0.3 is 59.6 Å². The second kappa shape index (κ2) is 19.2. The summed E-state index contributed by atoms with van der Waals surface area (Å²) in [5.41, 5.74) is 3.91. The van der Waals surface area contributed by atoms with E-state index in [1.165, 1.54) is 29.1 Å². The quantitative estimate of drug-likeness (QED) is 0.0659. The number of hydrogen-bond donors (Lipinski definition) is 4. The number of benzene rings is 7.